The lowest BCUT2D eigenvalue weighted by Gasteiger charge is -2.21. The molecule has 0 aromatic heterocycles. The van der Waals surface area contributed by atoms with Gasteiger partial charge >= 0.3 is 11.9 Å². The Morgan fingerprint density at radius 1 is 1.00 bits per heavy atom. The van der Waals surface area contributed by atoms with Gasteiger partial charge in [-0.1, -0.05) is 26.7 Å². The summed E-state index contributed by atoms with van der Waals surface area (Å²) >= 11 is 2.25. The van der Waals surface area contributed by atoms with Gasteiger partial charge in [-0.2, -0.15) is 0 Å². The van der Waals surface area contributed by atoms with Crippen LogP contribution in [0.15, 0.2) is 0 Å². The normalized spacial score (nSPS) is 10.6. The molecule has 0 bridgehead atoms. The van der Waals surface area contributed by atoms with Gasteiger partial charge in [0, 0.05) is 0 Å². The van der Waals surface area contributed by atoms with Crippen molar-refractivity contribution >= 4 is 35.5 Å². The van der Waals surface area contributed by atoms with Gasteiger partial charge in [0.2, 0.25) is 0 Å². The van der Waals surface area contributed by atoms with Gasteiger partial charge < -0.3 is 20.4 Å². The lowest BCUT2D eigenvalue weighted by atomic mass is 10.4. The minimum absolute atomic E-state index is 0.693. The molecule has 0 heterocycles. The van der Waals surface area contributed by atoms with E-state index in [0.717, 1.165) is 49.2 Å². The Bertz CT molecular complexity index is 263. The molecular weight excluding hydrogens is 304 g/mol. The first kappa shape index (κ1) is 21.9. The van der Waals surface area contributed by atoms with E-state index in [9.17, 15) is 9.90 Å². The van der Waals surface area contributed by atoms with Crippen LogP contribution in [-0.2, 0) is 9.59 Å². The van der Waals surface area contributed by atoms with Crippen LogP contribution in [0.5, 0.6) is 0 Å². The molecular formula is C12H24O6S2. The highest BCUT2D eigenvalue weighted by Crippen LogP contribution is 2.36. The van der Waals surface area contributed by atoms with Gasteiger partial charge in [-0.3, -0.25) is 0 Å². The third-order valence-electron chi connectivity index (χ3n) is 2.00. The van der Waals surface area contributed by atoms with Gasteiger partial charge in [0.05, 0.1) is 0 Å². The average molecular weight is 328 g/mol. The number of unbranched alkanes of at least 4 members (excludes halogenated alkanes) is 2. The van der Waals surface area contributed by atoms with Crippen molar-refractivity contribution in [3.8, 4) is 0 Å². The Hall–Kier alpha value is -0.440. The summed E-state index contributed by atoms with van der Waals surface area (Å²) in [6.07, 6.45) is 3.91. The molecule has 6 nitrogen and oxygen atoms in total. The number of aliphatic hydroxyl groups excluding tert-OH is 1. The van der Waals surface area contributed by atoms with Crippen molar-refractivity contribution in [1.29, 1.82) is 0 Å². The van der Waals surface area contributed by atoms with E-state index >= 15 is 0 Å². The number of carbonyl (C=O) groups is 2. The predicted molar refractivity (Wildman–Crippen MR) is 82.0 cm³/mol. The monoisotopic (exact) mass is 328 g/mol. The summed E-state index contributed by atoms with van der Waals surface area (Å²) < 4.78 is -1.65. The van der Waals surface area contributed by atoms with Crippen LogP contribution in [0.4, 0.5) is 0 Å². The third-order valence-corrected chi connectivity index (χ3v) is 4.82. The summed E-state index contributed by atoms with van der Waals surface area (Å²) in [6, 6.07) is 0. The molecule has 0 spiro atoms. The third kappa shape index (κ3) is 12.6. The molecule has 0 aliphatic rings. The summed E-state index contributed by atoms with van der Waals surface area (Å²) in [7, 11) is 0. The molecule has 20 heavy (non-hydrogen) atoms. The standard InChI is InChI=1S/C10H20O3S2.C2H4O3/c1-3-5-7-14-10(13,9(11)12)15-8-6-4-2;3-1-2(4)5/h13H,3-8H2,1-2H3,(H,11,12);3H,1H2,(H,4,5). The van der Waals surface area contributed by atoms with Crippen molar-refractivity contribution in [2.24, 2.45) is 0 Å². The molecule has 0 fully saturated rings. The van der Waals surface area contributed by atoms with Gasteiger partial charge in [-0.25, -0.2) is 9.59 Å². The van der Waals surface area contributed by atoms with Crippen LogP contribution in [0.2, 0.25) is 0 Å². The van der Waals surface area contributed by atoms with Crippen LogP contribution in [0, 0.1) is 0 Å². The Labute approximate surface area is 128 Å². The molecule has 0 aromatic rings. The number of carboxylic acid groups (broad SMARTS) is 2. The predicted octanol–water partition coefficient (Wildman–Crippen LogP) is 1.85. The number of carboxylic acids is 2. The minimum Gasteiger partial charge on any atom is -0.480 e. The number of hydrogen-bond donors (Lipinski definition) is 4. The van der Waals surface area contributed by atoms with Crippen LogP contribution in [0.3, 0.4) is 0 Å². The number of aliphatic carboxylic acids is 2. The van der Waals surface area contributed by atoms with E-state index in [1.165, 1.54) is 0 Å². The first-order valence-corrected chi connectivity index (χ1v) is 8.37. The molecule has 0 saturated heterocycles. The summed E-state index contributed by atoms with van der Waals surface area (Å²) in [5, 5.41) is 33.8. The van der Waals surface area contributed by atoms with Gasteiger partial charge in [0.15, 0.2) is 0 Å². The van der Waals surface area contributed by atoms with E-state index in [4.69, 9.17) is 20.1 Å². The van der Waals surface area contributed by atoms with Gasteiger partial charge in [-0.05, 0) is 24.3 Å². The SMILES string of the molecule is CCCCSC(O)(SCCCC)C(=O)O.O=C(O)CO. The van der Waals surface area contributed by atoms with Crippen molar-refractivity contribution in [1.82, 2.24) is 0 Å². The molecule has 120 valence electrons. The van der Waals surface area contributed by atoms with Crippen LogP contribution >= 0.6 is 23.5 Å². The van der Waals surface area contributed by atoms with Crippen LogP contribution in [0.1, 0.15) is 39.5 Å². The molecule has 0 aliphatic carbocycles. The quantitative estimate of drug-likeness (QED) is 0.355. The second-order valence-corrected chi connectivity index (χ2v) is 6.68. The molecule has 0 unspecified atom stereocenters. The maximum absolute atomic E-state index is 10.9. The highest BCUT2D eigenvalue weighted by molar-refractivity contribution is 8.19. The van der Waals surface area contributed by atoms with E-state index < -0.39 is 22.8 Å². The van der Waals surface area contributed by atoms with Gasteiger partial charge in [-0.15, -0.1) is 23.5 Å². The van der Waals surface area contributed by atoms with Crippen molar-refractivity contribution < 1.29 is 30.0 Å². The zero-order valence-corrected chi connectivity index (χ0v) is 13.5. The highest BCUT2D eigenvalue weighted by atomic mass is 32.2. The topological polar surface area (TPSA) is 115 Å². The molecule has 0 saturated carbocycles. The van der Waals surface area contributed by atoms with Crippen LogP contribution < -0.4 is 0 Å². The fourth-order valence-corrected chi connectivity index (χ4v) is 3.37. The molecule has 4 N–H and O–H groups in total. The largest absolute Gasteiger partial charge is 0.480 e. The van der Waals surface area contributed by atoms with Crippen molar-refractivity contribution in [3.63, 3.8) is 0 Å². The summed E-state index contributed by atoms with van der Waals surface area (Å²) in [4.78, 5) is 20.0. The Morgan fingerprint density at radius 3 is 1.55 bits per heavy atom. The Morgan fingerprint density at radius 2 is 1.35 bits per heavy atom. The van der Waals surface area contributed by atoms with Crippen molar-refractivity contribution in [2.45, 2.75) is 43.8 Å². The number of rotatable bonds is 10. The van der Waals surface area contributed by atoms with E-state index in [1.54, 1.807) is 0 Å². The lowest BCUT2D eigenvalue weighted by molar-refractivity contribution is -0.144. The summed E-state index contributed by atoms with van der Waals surface area (Å²) in [5.74, 6) is -0.939. The van der Waals surface area contributed by atoms with Gasteiger partial charge in [0.1, 0.15) is 6.61 Å². The molecule has 8 heteroatoms. The molecule has 0 atom stereocenters. The second-order valence-electron chi connectivity index (χ2n) is 3.84. The molecule has 0 aliphatic heterocycles. The molecule has 0 aromatic carbocycles. The van der Waals surface area contributed by atoms with Gasteiger partial charge in [0.25, 0.3) is 4.27 Å². The van der Waals surface area contributed by atoms with Crippen LogP contribution in [0.25, 0.3) is 0 Å². The zero-order valence-electron chi connectivity index (χ0n) is 11.9. The number of aliphatic hydroxyl groups is 2. The smallest absolute Gasteiger partial charge is 0.357 e. The minimum atomic E-state index is -1.65. The van der Waals surface area contributed by atoms with E-state index in [0.29, 0.717) is 11.5 Å². The fourth-order valence-electron chi connectivity index (χ4n) is 0.875. The summed E-state index contributed by atoms with van der Waals surface area (Å²) in [5.41, 5.74) is 0. The first-order chi connectivity index (χ1) is 9.33. The maximum Gasteiger partial charge on any atom is 0.357 e. The molecule has 0 radical (unpaired) electrons. The van der Waals surface area contributed by atoms with Crippen LogP contribution in [-0.4, -0.2) is 54.7 Å². The summed E-state index contributed by atoms with van der Waals surface area (Å²) in [6.45, 7) is 3.31. The highest BCUT2D eigenvalue weighted by Gasteiger charge is 2.36. The number of thioether (sulfide) groups is 2. The number of hydrogen-bond acceptors (Lipinski definition) is 6. The Balaban J connectivity index is 0. The zero-order chi connectivity index (χ0) is 16.0. The molecule has 0 amide bonds. The van der Waals surface area contributed by atoms with Crippen molar-refractivity contribution in [3.05, 3.63) is 0 Å². The first-order valence-electron chi connectivity index (χ1n) is 6.40. The molecule has 0 rings (SSSR count). The van der Waals surface area contributed by atoms with Crippen molar-refractivity contribution in [2.75, 3.05) is 18.1 Å². The van der Waals surface area contributed by atoms with E-state index in [-0.39, 0.29) is 0 Å². The maximum atomic E-state index is 10.9. The lowest BCUT2D eigenvalue weighted by Crippen LogP contribution is -2.31. The van der Waals surface area contributed by atoms with E-state index in [2.05, 4.69) is 0 Å². The van der Waals surface area contributed by atoms with E-state index in [1.807, 2.05) is 13.8 Å². The second kappa shape index (κ2) is 13.5. The average Bonchev–Trinajstić information content (AvgIpc) is 2.40. The Kier molecular flexibility index (Phi) is 14.8. The fraction of sp³-hybridized carbons (Fsp3) is 0.833.